The van der Waals surface area contributed by atoms with Gasteiger partial charge in [0.25, 0.3) is 0 Å². The Morgan fingerprint density at radius 2 is 1.87 bits per heavy atom. The summed E-state index contributed by atoms with van der Waals surface area (Å²) in [5.41, 5.74) is 5.31. The zero-order chi connectivity index (χ0) is 26.2. The third-order valence-corrected chi connectivity index (χ3v) is 7.78. The summed E-state index contributed by atoms with van der Waals surface area (Å²) in [6.07, 6.45) is 8.04. The predicted octanol–water partition coefficient (Wildman–Crippen LogP) is 5.65. The number of piperidine rings is 1. The number of aryl methyl sites for hydroxylation is 1. The van der Waals surface area contributed by atoms with Crippen molar-refractivity contribution >= 4 is 27.5 Å². The Kier molecular flexibility index (Phi) is 6.40. The van der Waals surface area contributed by atoms with E-state index in [-0.39, 0.29) is 12.3 Å². The molecule has 3 aromatic heterocycles. The van der Waals surface area contributed by atoms with Crippen molar-refractivity contribution in [3.05, 3.63) is 78.3 Å². The van der Waals surface area contributed by atoms with Crippen LogP contribution in [-0.4, -0.2) is 55.6 Å². The quantitative estimate of drug-likeness (QED) is 0.301. The average Bonchev–Trinajstić information content (AvgIpc) is 3.52. The fourth-order valence-electron chi connectivity index (χ4n) is 5.70. The Morgan fingerprint density at radius 3 is 2.63 bits per heavy atom. The molecule has 0 aliphatic carbocycles. The third-order valence-electron chi connectivity index (χ3n) is 7.78. The lowest BCUT2D eigenvalue weighted by atomic mass is 9.95. The zero-order valence-electron chi connectivity index (χ0n) is 21.3. The summed E-state index contributed by atoms with van der Waals surface area (Å²) in [6, 6.07) is 13.0. The number of aliphatic hydroxyl groups excluding tert-OH is 1. The molecule has 0 unspecified atom stereocenters. The first-order valence-corrected chi connectivity index (χ1v) is 13.0. The number of β-amino-alcohol motifs (C(OH)–C–C–N with tert-alkyl or cyclic N) is 1. The fourth-order valence-corrected chi connectivity index (χ4v) is 5.70. The van der Waals surface area contributed by atoms with Gasteiger partial charge in [0.2, 0.25) is 5.69 Å². The minimum Gasteiger partial charge on any atom is -0.395 e. The number of rotatable bonds is 6. The molecular weight excluding hydrogens is 479 g/mol. The van der Waals surface area contributed by atoms with Gasteiger partial charge in [-0.25, -0.2) is 9.24 Å². The maximum atomic E-state index is 14.8. The molecule has 0 radical (unpaired) electrons. The summed E-state index contributed by atoms with van der Waals surface area (Å²) in [4.78, 5) is 10.5. The van der Waals surface area contributed by atoms with Crippen LogP contribution in [0.5, 0.6) is 0 Å². The Bertz CT molecular complexity index is 1670. The SMILES string of the molecule is [C-]#[N+]c1ccc(-c2c(-c3ccc4c(cnn4C)c3)ncc3c2ccn3CC2CCN(CCO)CC2)cc1F. The number of halogens is 1. The molecule has 192 valence electrons. The first kappa shape index (κ1) is 24.3. The Balaban J connectivity index is 1.44. The van der Waals surface area contributed by atoms with E-state index in [0.717, 1.165) is 77.6 Å². The number of benzene rings is 2. The first-order chi connectivity index (χ1) is 18.6. The molecule has 5 aromatic rings. The van der Waals surface area contributed by atoms with E-state index in [1.165, 1.54) is 6.07 Å². The van der Waals surface area contributed by atoms with Crippen molar-refractivity contribution < 1.29 is 9.50 Å². The van der Waals surface area contributed by atoms with E-state index < -0.39 is 5.82 Å². The molecule has 0 saturated carbocycles. The largest absolute Gasteiger partial charge is 0.395 e. The number of fused-ring (bicyclic) bond motifs is 2. The Morgan fingerprint density at radius 1 is 1.05 bits per heavy atom. The highest BCUT2D eigenvalue weighted by Gasteiger charge is 2.22. The monoisotopic (exact) mass is 508 g/mol. The second-order valence-corrected chi connectivity index (χ2v) is 10.1. The van der Waals surface area contributed by atoms with Crippen molar-refractivity contribution in [2.24, 2.45) is 13.0 Å². The summed E-state index contributed by atoms with van der Waals surface area (Å²) < 4.78 is 18.9. The summed E-state index contributed by atoms with van der Waals surface area (Å²) in [6.45, 7) is 11.1. The normalized spacial score (nSPS) is 14.9. The maximum Gasteiger partial charge on any atom is 0.222 e. The van der Waals surface area contributed by atoms with Crippen molar-refractivity contribution in [2.75, 3.05) is 26.2 Å². The minimum absolute atomic E-state index is 0.0114. The van der Waals surface area contributed by atoms with Crippen molar-refractivity contribution in [3.8, 4) is 22.4 Å². The van der Waals surface area contributed by atoms with Crippen molar-refractivity contribution in [1.82, 2.24) is 24.2 Å². The van der Waals surface area contributed by atoms with Gasteiger partial charge in [-0.15, -0.1) is 0 Å². The van der Waals surface area contributed by atoms with E-state index in [1.807, 2.05) is 42.3 Å². The van der Waals surface area contributed by atoms with E-state index >= 15 is 0 Å². The van der Waals surface area contributed by atoms with E-state index in [4.69, 9.17) is 11.6 Å². The average molecular weight is 509 g/mol. The van der Waals surface area contributed by atoms with Crippen LogP contribution < -0.4 is 0 Å². The Labute approximate surface area is 220 Å². The van der Waals surface area contributed by atoms with E-state index in [2.05, 4.69) is 37.7 Å². The minimum atomic E-state index is -0.530. The van der Waals surface area contributed by atoms with Gasteiger partial charge in [0.05, 0.1) is 42.3 Å². The van der Waals surface area contributed by atoms with Gasteiger partial charge in [0.1, 0.15) is 5.82 Å². The van der Waals surface area contributed by atoms with Gasteiger partial charge >= 0.3 is 0 Å². The second kappa shape index (κ2) is 10.0. The molecule has 1 saturated heterocycles. The van der Waals surface area contributed by atoms with Gasteiger partial charge in [-0.05, 0) is 61.7 Å². The number of nitrogens with zero attached hydrogens (tertiary/aromatic N) is 6. The van der Waals surface area contributed by atoms with Crippen LogP contribution in [0.15, 0.2) is 61.1 Å². The number of aromatic nitrogens is 4. The third kappa shape index (κ3) is 4.34. The van der Waals surface area contributed by atoms with Crippen molar-refractivity contribution in [1.29, 1.82) is 0 Å². The zero-order valence-corrected chi connectivity index (χ0v) is 21.3. The highest BCUT2D eigenvalue weighted by molar-refractivity contribution is 6.02. The van der Waals surface area contributed by atoms with Gasteiger partial charge in [-0.2, -0.15) is 5.10 Å². The van der Waals surface area contributed by atoms with Crippen LogP contribution in [0.1, 0.15) is 12.8 Å². The fraction of sp³-hybridized carbons (Fsp3) is 0.300. The number of pyridine rings is 1. The molecule has 0 amide bonds. The van der Waals surface area contributed by atoms with Gasteiger partial charge < -0.3 is 14.6 Å². The van der Waals surface area contributed by atoms with Crippen LogP contribution in [0, 0.1) is 18.3 Å². The smallest absolute Gasteiger partial charge is 0.222 e. The summed E-state index contributed by atoms with van der Waals surface area (Å²) in [7, 11) is 1.92. The van der Waals surface area contributed by atoms with E-state index in [1.54, 1.807) is 6.07 Å². The summed E-state index contributed by atoms with van der Waals surface area (Å²) in [5, 5.41) is 15.6. The second-order valence-electron chi connectivity index (χ2n) is 10.1. The van der Waals surface area contributed by atoms with Crippen LogP contribution in [0.2, 0.25) is 0 Å². The molecule has 0 bridgehead atoms. The molecule has 1 N–H and O–H groups in total. The molecule has 1 fully saturated rings. The summed E-state index contributed by atoms with van der Waals surface area (Å²) in [5.74, 6) is 0.0179. The van der Waals surface area contributed by atoms with Crippen LogP contribution in [0.25, 0.3) is 49.0 Å². The lowest BCUT2D eigenvalue weighted by Gasteiger charge is -2.31. The van der Waals surface area contributed by atoms with Crippen LogP contribution in [0.4, 0.5) is 10.1 Å². The molecule has 38 heavy (non-hydrogen) atoms. The van der Waals surface area contributed by atoms with Crippen molar-refractivity contribution in [3.63, 3.8) is 0 Å². The molecule has 8 heteroatoms. The lowest BCUT2D eigenvalue weighted by Crippen LogP contribution is -2.36. The highest BCUT2D eigenvalue weighted by Crippen LogP contribution is 2.39. The maximum absolute atomic E-state index is 14.8. The number of hydrogen-bond acceptors (Lipinski definition) is 4. The topological polar surface area (TPSA) is 63.5 Å². The molecule has 0 spiro atoms. The standard InChI is InChI=1S/C30H29FN6O/c1-32-26-5-3-21(16-25(26)31)29-24-9-12-37(19-20-7-10-36(11-8-20)13-14-38)28(24)18-33-30(29)22-4-6-27-23(15-22)17-34-35(27)2/h3-6,9,12,15-18,20,38H,7-8,10-11,13-14,19H2,2H3. The Hall–Kier alpha value is -4.06. The number of aliphatic hydroxyl groups is 1. The highest BCUT2D eigenvalue weighted by atomic mass is 19.1. The molecule has 2 aromatic carbocycles. The molecule has 6 rings (SSSR count). The first-order valence-electron chi connectivity index (χ1n) is 13.0. The van der Waals surface area contributed by atoms with Crippen LogP contribution in [0.3, 0.4) is 0 Å². The van der Waals surface area contributed by atoms with Gasteiger partial charge in [-0.3, -0.25) is 9.67 Å². The molecule has 0 atom stereocenters. The van der Waals surface area contributed by atoms with E-state index in [9.17, 15) is 9.50 Å². The molecule has 1 aliphatic rings. The molecule has 1 aliphatic heterocycles. The number of likely N-dealkylation sites (tertiary alicyclic amines) is 1. The molecule has 7 nitrogen and oxygen atoms in total. The van der Waals surface area contributed by atoms with Gasteiger partial charge in [-0.1, -0.05) is 18.2 Å². The summed E-state index contributed by atoms with van der Waals surface area (Å²) >= 11 is 0. The lowest BCUT2D eigenvalue weighted by molar-refractivity contribution is 0.142. The molecular formula is C30H29FN6O. The van der Waals surface area contributed by atoms with Gasteiger partial charge in [0.15, 0.2) is 0 Å². The van der Waals surface area contributed by atoms with Gasteiger partial charge in [0, 0.05) is 48.2 Å². The number of hydrogen-bond donors (Lipinski definition) is 1. The predicted molar refractivity (Wildman–Crippen MR) is 147 cm³/mol. The van der Waals surface area contributed by atoms with E-state index in [0.29, 0.717) is 11.5 Å². The van der Waals surface area contributed by atoms with Crippen LogP contribution in [-0.2, 0) is 13.6 Å². The molecule has 4 heterocycles. The van der Waals surface area contributed by atoms with Crippen LogP contribution >= 0.6 is 0 Å². The van der Waals surface area contributed by atoms with Crippen molar-refractivity contribution in [2.45, 2.75) is 19.4 Å².